The minimum absolute atomic E-state index is 0.667. The van der Waals surface area contributed by atoms with Crippen molar-refractivity contribution in [3.63, 3.8) is 0 Å². The molecule has 0 spiro atoms. The minimum atomic E-state index is -1.72. The van der Waals surface area contributed by atoms with E-state index < -0.39 is 74.6 Å². The van der Waals surface area contributed by atoms with E-state index in [0.717, 1.165) is 0 Å². The largest absolute Gasteiger partial charge is 0.394 e. The molecular formula is C12H22O11. The average Bonchev–Trinajstić information content (AvgIpc) is 2.55. The van der Waals surface area contributed by atoms with E-state index in [2.05, 4.69) is 0 Å². The molecule has 6 unspecified atom stereocenters. The van der Waals surface area contributed by atoms with Gasteiger partial charge in [0.25, 0.3) is 0 Å². The van der Waals surface area contributed by atoms with Crippen LogP contribution in [0.2, 0.25) is 0 Å². The highest BCUT2D eigenvalue weighted by atomic mass is 16.8. The minimum Gasteiger partial charge on any atom is -0.394 e. The topological polar surface area (TPSA) is 190 Å². The van der Waals surface area contributed by atoms with Crippen LogP contribution in [0.3, 0.4) is 0 Å². The molecule has 8 N–H and O–H groups in total. The third-order valence-electron chi connectivity index (χ3n) is 3.97. The Kier molecular flexibility index (Phi) is 6.27. The molecule has 2 rings (SSSR count). The van der Waals surface area contributed by atoms with Gasteiger partial charge in [-0.25, -0.2) is 0 Å². The Bertz CT molecular complexity index is 344. The second-order valence-corrected chi connectivity index (χ2v) is 5.53. The van der Waals surface area contributed by atoms with Gasteiger partial charge < -0.3 is 55.1 Å². The Hall–Kier alpha value is -0.440. The normalized spacial score (nSPS) is 51.7. The van der Waals surface area contributed by atoms with Crippen molar-refractivity contribution in [2.45, 2.75) is 61.4 Å². The molecule has 2 saturated heterocycles. The molecule has 0 amide bonds. The fraction of sp³-hybridized carbons (Fsp3) is 1.00. The number of aliphatic hydroxyl groups is 8. The summed E-state index contributed by atoms with van der Waals surface area (Å²) in [5.74, 6) is 0. The molecule has 0 bridgehead atoms. The summed E-state index contributed by atoms with van der Waals surface area (Å²) < 4.78 is 15.3. The lowest BCUT2D eigenvalue weighted by Crippen LogP contribution is -2.63. The van der Waals surface area contributed by atoms with Gasteiger partial charge in [-0.2, -0.15) is 0 Å². The zero-order valence-electron chi connectivity index (χ0n) is 12.0. The second-order valence-electron chi connectivity index (χ2n) is 5.53. The van der Waals surface area contributed by atoms with Gasteiger partial charge in [-0.1, -0.05) is 0 Å². The molecule has 0 aromatic rings. The summed E-state index contributed by atoms with van der Waals surface area (Å²) in [7, 11) is 0. The van der Waals surface area contributed by atoms with Gasteiger partial charge in [-0.3, -0.25) is 0 Å². The zero-order chi connectivity index (χ0) is 17.3. The van der Waals surface area contributed by atoms with Crippen molar-refractivity contribution in [3.8, 4) is 0 Å². The van der Waals surface area contributed by atoms with E-state index in [1.54, 1.807) is 0 Å². The molecule has 0 saturated carbocycles. The van der Waals surface area contributed by atoms with Crippen molar-refractivity contribution in [1.82, 2.24) is 0 Å². The summed E-state index contributed by atoms with van der Waals surface area (Å²) in [5.41, 5.74) is 0. The number of aliphatic hydroxyl groups excluding tert-OH is 8. The molecule has 11 heteroatoms. The van der Waals surface area contributed by atoms with E-state index in [1.165, 1.54) is 0 Å². The van der Waals surface area contributed by atoms with Crippen LogP contribution in [0.4, 0.5) is 0 Å². The highest BCUT2D eigenvalue weighted by molar-refractivity contribution is 4.92. The van der Waals surface area contributed by atoms with Gasteiger partial charge in [0.2, 0.25) is 0 Å². The molecule has 2 fully saturated rings. The second kappa shape index (κ2) is 7.63. The molecule has 11 nitrogen and oxygen atoms in total. The van der Waals surface area contributed by atoms with Gasteiger partial charge in [0, 0.05) is 0 Å². The van der Waals surface area contributed by atoms with E-state index in [0.29, 0.717) is 0 Å². The Morgan fingerprint density at radius 3 is 1.22 bits per heavy atom. The summed E-state index contributed by atoms with van der Waals surface area (Å²) in [6.07, 6.45) is -15.6. The van der Waals surface area contributed by atoms with E-state index in [4.69, 9.17) is 24.4 Å². The standard InChI is InChI=1S/C12H22O11/c13-1-3-5(15)7(17)9(19)11(21-3)23-12-10(20)8(18)6(16)4(2-14)22-12/h3-20H,1-2H2/t3?,4?,5-,6-,7?,8?,9?,10?,11-,12+/m1/s1. The summed E-state index contributed by atoms with van der Waals surface area (Å²) in [6.45, 7) is -1.33. The number of hydrogen-bond acceptors (Lipinski definition) is 11. The fourth-order valence-corrected chi connectivity index (χ4v) is 2.49. The molecule has 10 atom stereocenters. The van der Waals surface area contributed by atoms with Gasteiger partial charge in [0.15, 0.2) is 12.6 Å². The smallest absolute Gasteiger partial charge is 0.189 e. The Morgan fingerprint density at radius 2 is 0.913 bits per heavy atom. The molecule has 0 aromatic heterocycles. The van der Waals surface area contributed by atoms with Crippen LogP contribution in [-0.4, -0.2) is 115 Å². The van der Waals surface area contributed by atoms with Gasteiger partial charge in [-0.05, 0) is 0 Å². The van der Waals surface area contributed by atoms with Crippen LogP contribution >= 0.6 is 0 Å². The molecular weight excluding hydrogens is 320 g/mol. The predicted octanol–water partition coefficient (Wildman–Crippen LogP) is -5.40. The molecule has 136 valence electrons. The SMILES string of the molecule is OCC1O[C@H](O[C@@H]2OC(CO)[C@@H](O)C(O)C2O)C(O)C(O)[C@@H]1O. The van der Waals surface area contributed by atoms with Crippen LogP contribution in [0, 0.1) is 0 Å². The van der Waals surface area contributed by atoms with Crippen molar-refractivity contribution in [3.05, 3.63) is 0 Å². The first-order valence-corrected chi connectivity index (χ1v) is 7.08. The van der Waals surface area contributed by atoms with Crippen molar-refractivity contribution in [1.29, 1.82) is 0 Å². The van der Waals surface area contributed by atoms with E-state index in [9.17, 15) is 30.6 Å². The summed E-state index contributed by atoms with van der Waals surface area (Å²) in [5, 5.41) is 76.4. The van der Waals surface area contributed by atoms with E-state index in [1.807, 2.05) is 0 Å². The van der Waals surface area contributed by atoms with Crippen LogP contribution < -0.4 is 0 Å². The highest BCUT2D eigenvalue weighted by Gasteiger charge is 2.49. The van der Waals surface area contributed by atoms with Crippen molar-refractivity contribution < 1.29 is 55.1 Å². The molecule has 0 aromatic carbocycles. The lowest BCUT2D eigenvalue weighted by atomic mass is 9.98. The highest BCUT2D eigenvalue weighted by Crippen LogP contribution is 2.27. The van der Waals surface area contributed by atoms with Crippen LogP contribution in [0.1, 0.15) is 0 Å². The molecule has 2 aliphatic heterocycles. The first kappa shape index (κ1) is 18.9. The molecule has 2 heterocycles. The van der Waals surface area contributed by atoms with Gasteiger partial charge >= 0.3 is 0 Å². The molecule has 0 radical (unpaired) electrons. The third-order valence-corrected chi connectivity index (χ3v) is 3.97. The molecule has 0 aliphatic carbocycles. The Balaban J connectivity index is 2.07. The predicted molar refractivity (Wildman–Crippen MR) is 68.6 cm³/mol. The van der Waals surface area contributed by atoms with Gasteiger partial charge in [0.05, 0.1) is 13.2 Å². The summed E-state index contributed by atoms with van der Waals surface area (Å²) >= 11 is 0. The lowest BCUT2D eigenvalue weighted by Gasteiger charge is -2.44. The van der Waals surface area contributed by atoms with Crippen LogP contribution in [-0.2, 0) is 14.2 Å². The number of rotatable bonds is 4. The molecule has 23 heavy (non-hydrogen) atoms. The van der Waals surface area contributed by atoms with E-state index in [-0.39, 0.29) is 0 Å². The van der Waals surface area contributed by atoms with Crippen molar-refractivity contribution in [2.24, 2.45) is 0 Å². The maximum atomic E-state index is 9.84. The van der Waals surface area contributed by atoms with E-state index >= 15 is 0 Å². The number of ether oxygens (including phenoxy) is 3. The third kappa shape index (κ3) is 3.65. The lowest BCUT2D eigenvalue weighted by molar-refractivity contribution is -0.376. The summed E-state index contributed by atoms with van der Waals surface area (Å²) in [6, 6.07) is 0. The average molecular weight is 342 g/mol. The van der Waals surface area contributed by atoms with Crippen LogP contribution in [0.25, 0.3) is 0 Å². The van der Waals surface area contributed by atoms with Crippen molar-refractivity contribution in [2.75, 3.05) is 13.2 Å². The van der Waals surface area contributed by atoms with Crippen LogP contribution in [0.5, 0.6) is 0 Å². The fourth-order valence-electron chi connectivity index (χ4n) is 2.49. The maximum absolute atomic E-state index is 9.84. The Labute approximate surface area is 130 Å². The van der Waals surface area contributed by atoms with Gasteiger partial charge in [0.1, 0.15) is 48.8 Å². The first-order valence-electron chi connectivity index (χ1n) is 7.08. The van der Waals surface area contributed by atoms with Gasteiger partial charge in [-0.15, -0.1) is 0 Å². The van der Waals surface area contributed by atoms with Crippen LogP contribution in [0.15, 0.2) is 0 Å². The first-order chi connectivity index (χ1) is 10.8. The summed E-state index contributed by atoms with van der Waals surface area (Å²) in [4.78, 5) is 0. The molecule has 2 aliphatic rings. The zero-order valence-corrected chi connectivity index (χ0v) is 12.0. The Morgan fingerprint density at radius 1 is 0.565 bits per heavy atom. The maximum Gasteiger partial charge on any atom is 0.189 e. The van der Waals surface area contributed by atoms with Crippen molar-refractivity contribution >= 4 is 0 Å². The number of hydrogen-bond donors (Lipinski definition) is 8. The monoisotopic (exact) mass is 342 g/mol. The quantitative estimate of drug-likeness (QED) is 0.243.